The maximum atomic E-state index is 6.07. The molecule has 1 aliphatic rings. The molecule has 0 amide bonds. The van der Waals surface area contributed by atoms with Gasteiger partial charge in [-0.25, -0.2) is 10.8 Å². The normalized spacial score (nSPS) is 19.1. The molecule has 1 aromatic rings. The van der Waals surface area contributed by atoms with Crippen molar-refractivity contribution < 1.29 is 0 Å². The van der Waals surface area contributed by atoms with E-state index in [9.17, 15) is 0 Å². The van der Waals surface area contributed by atoms with E-state index in [0.29, 0.717) is 6.04 Å². The van der Waals surface area contributed by atoms with Gasteiger partial charge in [0.05, 0.1) is 0 Å². The van der Waals surface area contributed by atoms with Crippen molar-refractivity contribution in [1.29, 1.82) is 0 Å². The fraction of sp³-hybridized carbons (Fsp3) is 0.545. The van der Waals surface area contributed by atoms with Crippen LogP contribution >= 0.6 is 0 Å². The second-order valence-corrected chi connectivity index (χ2v) is 4.13. The van der Waals surface area contributed by atoms with Crippen LogP contribution in [0.15, 0.2) is 24.4 Å². The molecule has 0 atom stereocenters. The molecule has 2 heterocycles. The Hall–Kier alpha value is -1.13. The summed E-state index contributed by atoms with van der Waals surface area (Å²) in [6, 6.07) is 6.26. The number of rotatable bonds is 2. The monoisotopic (exact) mass is 206 g/mol. The van der Waals surface area contributed by atoms with Gasteiger partial charge in [-0.2, -0.15) is 0 Å². The summed E-state index contributed by atoms with van der Waals surface area (Å²) in [5.41, 5.74) is 0. The van der Waals surface area contributed by atoms with E-state index in [1.807, 2.05) is 23.2 Å². The van der Waals surface area contributed by atoms with Crippen molar-refractivity contribution in [2.24, 2.45) is 5.84 Å². The Morgan fingerprint density at radius 1 is 1.40 bits per heavy atom. The van der Waals surface area contributed by atoms with Crippen LogP contribution in [-0.4, -0.2) is 36.1 Å². The lowest BCUT2D eigenvalue weighted by atomic mass is 10.1. The van der Waals surface area contributed by atoms with Gasteiger partial charge in [-0.1, -0.05) is 6.07 Å². The number of hydrazine groups is 1. The van der Waals surface area contributed by atoms with E-state index in [0.717, 1.165) is 31.7 Å². The number of aromatic nitrogens is 1. The molecular formula is C11H18N4. The molecule has 0 unspecified atom stereocenters. The summed E-state index contributed by atoms with van der Waals surface area (Å²) < 4.78 is 0. The molecule has 1 saturated heterocycles. The second kappa shape index (κ2) is 4.59. The highest BCUT2D eigenvalue weighted by molar-refractivity contribution is 5.36. The lowest BCUT2D eigenvalue weighted by Crippen LogP contribution is -2.47. The van der Waals surface area contributed by atoms with Crippen molar-refractivity contribution in [3.63, 3.8) is 0 Å². The number of anilines is 1. The number of hydrogen-bond acceptors (Lipinski definition) is 4. The molecular weight excluding hydrogens is 188 g/mol. The maximum absolute atomic E-state index is 6.07. The van der Waals surface area contributed by atoms with Crippen LogP contribution in [0, 0.1) is 0 Å². The summed E-state index contributed by atoms with van der Waals surface area (Å²) >= 11 is 0. The van der Waals surface area contributed by atoms with Crippen LogP contribution in [0.4, 0.5) is 5.82 Å². The first kappa shape index (κ1) is 10.4. The molecule has 15 heavy (non-hydrogen) atoms. The minimum Gasteiger partial charge on any atom is -0.306 e. The quantitative estimate of drug-likeness (QED) is 0.576. The van der Waals surface area contributed by atoms with E-state index in [-0.39, 0.29) is 0 Å². The highest BCUT2D eigenvalue weighted by atomic mass is 15.4. The molecule has 0 saturated carbocycles. The van der Waals surface area contributed by atoms with Gasteiger partial charge in [-0.05, 0) is 45.1 Å². The van der Waals surface area contributed by atoms with Crippen molar-refractivity contribution in [3.05, 3.63) is 24.4 Å². The summed E-state index contributed by atoms with van der Waals surface area (Å²) in [5.74, 6) is 6.94. The average Bonchev–Trinajstić information content (AvgIpc) is 2.30. The Bertz CT molecular complexity index is 293. The largest absolute Gasteiger partial charge is 0.306 e. The van der Waals surface area contributed by atoms with E-state index in [1.165, 1.54) is 0 Å². The summed E-state index contributed by atoms with van der Waals surface area (Å²) in [4.78, 5) is 6.60. The molecule has 2 N–H and O–H groups in total. The number of likely N-dealkylation sites (tertiary alicyclic amines) is 1. The van der Waals surface area contributed by atoms with Crippen LogP contribution in [0.1, 0.15) is 12.8 Å². The van der Waals surface area contributed by atoms with Crippen molar-refractivity contribution in [1.82, 2.24) is 9.88 Å². The van der Waals surface area contributed by atoms with Gasteiger partial charge in [0.2, 0.25) is 0 Å². The van der Waals surface area contributed by atoms with Crippen LogP contribution in [0.3, 0.4) is 0 Å². The molecule has 0 aliphatic carbocycles. The summed E-state index contributed by atoms with van der Waals surface area (Å²) in [7, 11) is 2.15. The number of nitrogens with zero attached hydrogens (tertiary/aromatic N) is 3. The van der Waals surface area contributed by atoms with Crippen LogP contribution < -0.4 is 10.9 Å². The van der Waals surface area contributed by atoms with Crippen LogP contribution in [0.2, 0.25) is 0 Å². The molecule has 1 aliphatic heterocycles. The van der Waals surface area contributed by atoms with Gasteiger partial charge < -0.3 is 4.90 Å². The predicted molar refractivity (Wildman–Crippen MR) is 61.4 cm³/mol. The first-order valence-corrected chi connectivity index (χ1v) is 5.41. The Morgan fingerprint density at radius 2 is 2.13 bits per heavy atom. The predicted octanol–water partition coefficient (Wildman–Crippen LogP) is 0.856. The zero-order valence-corrected chi connectivity index (χ0v) is 9.13. The fourth-order valence-corrected chi connectivity index (χ4v) is 1.97. The standard InChI is InChI=1S/C11H18N4/c1-14-8-5-10(6-9-14)15(12)11-4-2-3-7-13-11/h2-4,7,10H,5-6,8-9,12H2,1H3. The van der Waals surface area contributed by atoms with E-state index in [4.69, 9.17) is 5.84 Å². The number of nitrogens with two attached hydrogens (primary N) is 1. The molecule has 4 nitrogen and oxygen atoms in total. The van der Waals surface area contributed by atoms with Crippen LogP contribution in [-0.2, 0) is 0 Å². The summed E-state index contributed by atoms with van der Waals surface area (Å²) in [6.45, 7) is 2.23. The second-order valence-electron chi connectivity index (χ2n) is 4.13. The lowest BCUT2D eigenvalue weighted by molar-refractivity contribution is 0.249. The van der Waals surface area contributed by atoms with Gasteiger partial charge in [0, 0.05) is 12.2 Å². The first-order chi connectivity index (χ1) is 7.27. The molecule has 2 rings (SSSR count). The highest BCUT2D eigenvalue weighted by Crippen LogP contribution is 2.17. The van der Waals surface area contributed by atoms with Crippen LogP contribution in [0.5, 0.6) is 0 Å². The zero-order valence-electron chi connectivity index (χ0n) is 9.13. The SMILES string of the molecule is CN1CCC(N(N)c2ccccn2)CC1. The Labute approximate surface area is 90.7 Å². The van der Waals surface area contributed by atoms with Gasteiger partial charge in [0.1, 0.15) is 5.82 Å². The maximum Gasteiger partial charge on any atom is 0.142 e. The molecule has 0 bridgehead atoms. The smallest absolute Gasteiger partial charge is 0.142 e. The summed E-state index contributed by atoms with van der Waals surface area (Å²) in [6.07, 6.45) is 4.01. The van der Waals surface area contributed by atoms with E-state index < -0.39 is 0 Å². The van der Waals surface area contributed by atoms with E-state index in [1.54, 1.807) is 6.20 Å². The van der Waals surface area contributed by atoms with Gasteiger partial charge in [0.25, 0.3) is 0 Å². The first-order valence-electron chi connectivity index (χ1n) is 5.41. The van der Waals surface area contributed by atoms with Crippen molar-refractivity contribution >= 4 is 5.82 Å². The molecule has 0 radical (unpaired) electrons. The van der Waals surface area contributed by atoms with E-state index >= 15 is 0 Å². The van der Waals surface area contributed by atoms with Crippen molar-refractivity contribution in [2.75, 3.05) is 25.1 Å². The highest BCUT2D eigenvalue weighted by Gasteiger charge is 2.21. The third kappa shape index (κ3) is 2.46. The van der Waals surface area contributed by atoms with E-state index in [2.05, 4.69) is 16.9 Å². The van der Waals surface area contributed by atoms with Gasteiger partial charge >= 0.3 is 0 Å². The molecule has 4 heteroatoms. The van der Waals surface area contributed by atoms with Gasteiger partial charge in [0.15, 0.2) is 0 Å². The van der Waals surface area contributed by atoms with Gasteiger partial charge in [-0.15, -0.1) is 0 Å². The Balaban J connectivity index is 1.99. The number of pyridine rings is 1. The number of hydrogen-bond donors (Lipinski definition) is 1. The third-order valence-electron chi connectivity index (χ3n) is 3.00. The number of piperidine rings is 1. The minimum absolute atomic E-state index is 0.427. The molecule has 0 aromatic carbocycles. The molecule has 1 fully saturated rings. The average molecular weight is 206 g/mol. The topological polar surface area (TPSA) is 45.4 Å². The van der Waals surface area contributed by atoms with Gasteiger partial charge in [-0.3, -0.25) is 5.01 Å². The van der Waals surface area contributed by atoms with Crippen molar-refractivity contribution in [3.8, 4) is 0 Å². The molecule has 0 spiro atoms. The zero-order chi connectivity index (χ0) is 10.7. The minimum atomic E-state index is 0.427. The molecule has 1 aromatic heterocycles. The van der Waals surface area contributed by atoms with Crippen molar-refractivity contribution in [2.45, 2.75) is 18.9 Å². The third-order valence-corrected chi connectivity index (χ3v) is 3.00. The van der Waals surface area contributed by atoms with Crippen LogP contribution in [0.25, 0.3) is 0 Å². The summed E-state index contributed by atoms with van der Waals surface area (Å²) in [5, 5.41) is 1.81. The lowest BCUT2D eigenvalue weighted by Gasteiger charge is -2.34. The Kier molecular flexibility index (Phi) is 3.18. The fourth-order valence-electron chi connectivity index (χ4n) is 1.97. The Morgan fingerprint density at radius 3 is 2.73 bits per heavy atom. The molecule has 82 valence electrons.